The number of carbonyl (C=O) groups excluding carboxylic acids is 2. The maximum atomic E-state index is 12.5. The number of aromatic nitrogens is 1. The van der Waals surface area contributed by atoms with Crippen LogP contribution in [0.3, 0.4) is 0 Å². The van der Waals surface area contributed by atoms with Crippen LogP contribution in [0.5, 0.6) is 0 Å². The number of hydrogen-bond acceptors (Lipinski definition) is 2. The van der Waals surface area contributed by atoms with Gasteiger partial charge in [-0.25, -0.2) is 4.79 Å². The number of primary amides is 1. The zero-order chi connectivity index (χ0) is 15.2. The highest BCUT2D eigenvalue weighted by molar-refractivity contribution is 5.78. The molecule has 1 aliphatic heterocycles. The van der Waals surface area contributed by atoms with Crippen LogP contribution < -0.4 is 11.1 Å². The van der Waals surface area contributed by atoms with Gasteiger partial charge in [-0.15, -0.1) is 0 Å². The third-order valence-corrected chi connectivity index (χ3v) is 4.04. The van der Waals surface area contributed by atoms with E-state index in [1.807, 2.05) is 24.2 Å². The van der Waals surface area contributed by atoms with Crippen LogP contribution in [0.2, 0.25) is 0 Å². The zero-order valence-corrected chi connectivity index (χ0v) is 12.5. The minimum atomic E-state index is -0.586. The van der Waals surface area contributed by atoms with Crippen LogP contribution in [-0.4, -0.2) is 34.5 Å². The first-order valence-electron chi connectivity index (χ1n) is 7.53. The van der Waals surface area contributed by atoms with E-state index in [2.05, 4.69) is 16.0 Å². The zero-order valence-electron chi connectivity index (χ0n) is 12.5. The molecule has 1 atom stereocenters. The molecular weight excluding hydrogens is 268 g/mol. The van der Waals surface area contributed by atoms with Crippen LogP contribution in [0.15, 0.2) is 18.3 Å². The Morgan fingerprint density at radius 2 is 2.19 bits per heavy atom. The normalized spacial score (nSPS) is 19.1. The fourth-order valence-electron chi connectivity index (χ4n) is 2.97. The molecule has 116 valence electrons. The molecule has 2 rings (SSSR count). The van der Waals surface area contributed by atoms with E-state index < -0.39 is 6.03 Å². The van der Waals surface area contributed by atoms with Crippen molar-refractivity contribution < 1.29 is 9.59 Å². The molecule has 3 N–H and O–H groups in total. The van der Waals surface area contributed by atoms with Gasteiger partial charge in [-0.1, -0.05) is 12.8 Å². The van der Waals surface area contributed by atoms with Gasteiger partial charge in [-0.3, -0.25) is 4.79 Å². The molecule has 1 unspecified atom stereocenters. The molecule has 1 aliphatic rings. The van der Waals surface area contributed by atoms with Gasteiger partial charge in [-0.05, 0) is 25.0 Å². The number of amides is 3. The molecule has 0 spiro atoms. The average molecular weight is 292 g/mol. The van der Waals surface area contributed by atoms with Gasteiger partial charge in [0.2, 0.25) is 5.91 Å². The lowest BCUT2D eigenvalue weighted by molar-refractivity contribution is -0.133. The smallest absolute Gasteiger partial charge is 0.312 e. The molecule has 1 saturated heterocycles. The van der Waals surface area contributed by atoms with Gasteiger partial charge in [0.15, 0.2) is 0 Å². The second-order valence-electron chi connectivity index (χ2n) is 5.54. The maximum Gasteiger partial charge on any atom is 0.312 e. The Balaban J connectivity index is 2.07. The quantitative estimate of drug-likeness (QED) is 0.882. The Kier molecular flexibility index (Phi) is 5.25. The lowest BCUT2D eigenvalue weighted by atomic mass is 10.1. The fourth-order valence-corrected chi connectivity index (χ4v) is 2.97. The van der Waals surface area contributed by atoms with Crippen LogP contribution in [0.4, 0.5) is 4.79 Å². The average Bonchev–Trinajstić information content (AvgIpc) is 2.72. The fraction of sp³-hybridized carbons (Fsp3) is 0.600. The van der Waals surface area contributed by atoms with Crippen LogP contribution >= 0.6 is 0 Å². The first-order valence-corrected chi connectivity index (χ1v) is 7.53. The van der Waals surface area contributed by atoms with Crippen molar-refractivity contribution in [1.29, 1.82) is 0 Å². The molecule has 1 aromatic heterocycles. The number of likely N-dealkylation sites (tertiary alicyclic amines) is 1. The first-order chi connectivity index (χ1) is 10.1. The van der Waals surface area contributed by atoms with Crippen molar-refractivity contribution >= 4 is 11.9 Å². The summed E-state index contributed by atoms with van der Waals surface area (Å²) in [5.74, 6) is 0.0804. The minimum Gasteiger partial charge on any atom is -0.353 e. The van der Waals surface area contributed by atoms with E-state index in [0.29, 0.717) is 13.0 Å². The Labute approximate surface area is 125 Å². The highest BCUT2D eigenvalue weighted by atomic mass is 16.2. The van der Waals surface area contributed by atoms with Crippen LogP contribution in [-0.2, 0) is 11.8 Å². The van der Waals surface area contributed by atoms with Gasteiger partial charge in [0.25, 0.3) is 0 Å². The van der Waals surface area contributed by atoms with E-state index in [1.54, 1.807) is 0 Å². The molecule has 1 aromatic rings. The molecule has 0 saturated carbocycles. The molecule has 0 radical (unpaired) electrons. The Hall–Kier alpha value is -1.98. The second kappa shape index (κ2) is 7.15. The highest BCUT2D eigenvalue weighted by Gasteiger charge is 2.27. The lowest BCUT2D eigenvalue weighted by Crippen LogP contribution is -2.38. The first kappa shape index (κ1) is 15.4. The summed E-state index contributed by atoms with van der Waals surface area (Å²) in [4.78, 5) is 25.1. The Bertz CT molecular complexity index is 498. The van der Waals surface area contributed by atoms with Crippen LogP contribution in [0.1, 0.15) is 43.8 Å². The molecule has 6 heteroatoms. The predicted molar refractivity (Wildman–Crippen MR) is 80.5 cm³/mol. The number of nitrogens with two attached hydrogens (primary N) is 1. The molecule has 21 heavy (non-hydrogen) atoms. The monoisotopic (exact) mass is 292 g/mol. The minimum absolute atomic E-state index is 0.0804. The van der Waals surface area contributed by atoms with Crippen molar-refractivity contribution in [3.63, 3.8) is 0 Å². The molecule has 0 aliphatic carbocycles. The third kappa shape index (κ3) is 4.00. The van der Waals surface area contributed by atoms with Gasteiger partial charge >= 0.3 is 6.03 Å². The van der Waals surface area contributed by atoms with E-state index in [1.165, 1.54) is 5.69 Å². The summed E-state index contributed by atoms with van der Waals surface area (Å²) < 4.78 is 2.08. The van der Waals surface area contributed by atoms with Crippen LogP contribution in [0.25, 0.3) is 0 Å². The van der Waals surface area contributed by atoms with Crippen LogP contribution in [0, 0.1) is 0 Å². The third-order valence-electron chi connectivity index (χ3n) is 4.04. The summed E-state index contributed by atoms with van der Waals surface area (Å²) in [5.41, 5.74) is 6.20. The second-order valence-corrected chi connectivity index (χ2v) is 5.54. The standard InChI is InChI=1S/C15H24N4O2/c1-18-10-5-7-12(18)13-6-3-2-4-11-19(13)14(20)8-9-17-15(16)21/h5,7,10,13H,2-4,6,8-9,11H2,1H3,(H3,16,17,21). The van der Waals surface area contributed by atoms with Crippen molar-refractivity contribution in [3.05, 3.63) is 24.0 Å². The SMILES string of the molecule is Cn1cccc1C1CCCCCN1C(=O)CCNC(N)=O. The Morgan fingerprint density at radius 1 is 1.38 bits per heavy atom. The van der Waals surface area contributed by atoms with Crippen molar-refractivity contribution in [2.45, 2.75) is 38.1 Å². The lowest BCUT2D eigenvalue weighted by Gasteiger charge is -2.30. The van der Waals surface area contributed by atoms with Gasteiger partial charge < -0.3 is 20.5 Å². The van der Waals surface area contributed by atoms with Crippen molar-refractivity contribution in [3.8, 4) is 0 Å². The van der Waals surface area contributed by atoms with Crippen molar-refractivity contribution in [2.75, 3.05) is 13.1 Å². The molecule has 3 amide bonds. The molecule has 6 nitrogen and oxygen atoms in total. The number of carbonyl (C=O) groups is 2. The summed E-state index contributed by atoms with van der Waals surface area (Å²) in [5, 5.41) is 2.48. The highest BCUT2D eigenvalue weighted by Crippen LogP contribution is 2.30. The molecule has 0 aromatic carbocycles. The summed E-state index contributed by atoms with van der Waals surface area (Å²) in [6.07, 6.45) is 6.63. The molecule has 2 heterocycles. The van der Waals surface area contributed by atoms with Gasteiger partial charge in [0, 0.05) is 38.4 Å². The largest absolute Gasteiger partial charge is 0.353 e. The number of nitrogens with one attached hydrogen (secondary N) is 1. The molecule has 0 bridgehead atoms. The van der Waals surface area contributed by atoms with E-state index in [9.17, 15) is 9.59 Å². The number of urea groups is 1. The number of aryl methyl sites for hydroxylation is 1. The molecule has 1 fully saturated rings. The van der Waals surface area contributed by atoms with E-state index in [-0.39, 0.29) is 11.9 Å². The summed E-state index contributed by atoms with van der Waals surface area (Å²) in [6, 6.07) is 3.64. The summed E-state index contributed by atoms with van der Waals surface area (Å²) >= 11 is 0. The van der Waals surface area contributed by atoms with Gasteiger partial charge in [-0.2, -0.15) is 0 Å². The number of hydrogen-bond donors (Lipinski definition) is 2. The maximum absolute atomic E-state index is 12.5. The van der Waals surface area contributed by atoms with E-state index in [0.717, 1.165) is 32.2 Å². The van der Waals surface area contributed by atoms with Crippen molar-refractivity contribution in [2.24, 2.45) is 12.8 Å². The summed E-state index contributed by atoms with van der Waals surface area (Å²) in [7, 11) is 2.01. The van der Waals surface area contributed by atoms with Gasteiger partial charge in [0.05, 0.1) is 6.04 Å². The summed E-state index contributed by atoms with van der Waals surface area (Å²) in [6.45, 7) is 1.08. The van der Waals surface area contributed by atoms with Crippen molar-refractivity contribution in [1.82, 2.24) is 14.8 Å². The van der Waals surface area contributed by atoms with E-state index in [4.69, 9.17) is 5.73 Å². The Morgan fingerprint density at radius 3 is 2.86 bits per heavy atom. The predicted octanol–water partition coefficient (Wildman–Crippen LogP) is 1.53. The molecular formula is C15H24N4O2. The number of nitrogens with zero attached hydrogens (tertiary/aromatic N) is 2. The van der Waals surface area contributed by atoms with E-state index >= 15 is 0 Å². The van der Waals surface area contributed by atoms with Gasteiger partial charge in [0.1, 0.15) is 0 Å². The number of rotatable bonds is 4. The topological polar surface area (TPSA) is 80.4 Å².